The van der Waals surface area contributed by atoms with Crippen LogP contribution in [0.5, 0.6) is 0 Å². The molecule has 144 valence electrons. The maximum Gasteiger partial charge on any atom is 0.191 e. The summed E-state index contributed by atoms with van der Waals surface area (Å²) in [5, 5.41) is 21.4. The fraction of sp³-hybridized carbons (Fsp3) is 0.556. The number of halogens is 1. The Morgan fingerprint density at radius 1 is 1.42 bits per heavy atom. The van der Waals surface area contributed by atoms with Crippen molar-refractivity contribution in [3.8, 4) is 0 Å². The average Bonchev–Trinajstić information content (AvgIpc) is 3.11. The average molecular weight is 398 g/mol. The molecule has 0 aliphatic carbocycles. The quantitative estimate of drug-likeness (QED) is 0.496. The normalized spacial score (nSPS) is 14.3. The van der Waals surface area contributed by atoms with Gasteiger partial charge < -0.3 is 15.7 Å². The Hall–Kier alpha value is -1.57. The summed E-state index contributed by atoms with van der Waals surface area (Å²) in [5.74, 6) is 0.695. The first-order valence-corrected chi connectivity index (χ1v) is 9.98. The van der Waals surface area contributed by atoms with Gasteiger partial charge in [0.05, 0.1) is 16.6 Å². The first kappa shape index (κ1) is 20.7. The topological polar surface area (TPSA) is 74.5 Å². The number of rotatable bonds is 7. The second-order valence-electron chi connectivity index (χ2n) is 6.40. The van der Waals surface area contributed by atoms with Crippen molar-refractivity contribution >= 4 is 28.9 Å². The number of hydrogen-bond acceptors (Lipinski definition) is 4. The molecule has 2 rings (SSSR count). The zero-order valence-corrected chi connectivity index (χ0v) is 17.6. The van der Waals surface area contributed by atoms with E-state index in [1.807, 2.05) is 31.6 Å². The molecule has 2 unspecified atom stereocenters. The molecular weight excluding hydrogens is 370 g/mol. The second kappa shape index (κ2) is 9.39. The van der Waals surface area contributed by atoms with E-state index < -0.39 is 6.10 Å². The minimum absolute atomic E-state index is 0.183. The smallest absolute Gasteiger partial charge is 0.191 e. The highest BCUT2D eigenvalue weighted by Gasteiger charge is 2.15. The summed E-state index contributed by atoms with van der Waals surface area (Å²) in [4.78, 5) is 5.34. The molecule has 0 saturated heterocycles. The molecule has 0 fully saturated rings. The summed E-state index contributed by atoms with van der Waals surface area (Å²) in [5.41, 5.74) is 3.50. The van der Waals surface area contributed by atoms with Crippen LogP contribution < -0.4 is 10.6 Å². The highest BCUT2D eigenvalue weighted by atomic mass is 35.5. The predicted octanol–water partition coefficient (Wildman–Crippen LogP) is 2.97. The Morgan fingerprint density at radius 3 is 2.69 bits per heavy atom. The van der Waals surface area contributed by atoms with Gasteiger partial charge in [-0.05, 0) is 51.8 Å². The minimum atomic E-state index is -0.652. The largest absolute Gasteiger partial charge is 0.386 e. The number of nitrogens with one attached hydrogen (secondary N) is 2. The van der Waals surface area contributed by atoms with Gasteiger partial charge in [0, 0.05) is 30.2 Å². The lowest BCUT2D eigenvalue weighted by Gasteiger charge is -2.18. The van der Waals surface area contributed by atoms with Gasteiger partial charge in [0.2, 0.25) is 0 Å². The molecule has 8 heteroatoms. The van der Waals surface area contributed by atoms with Crippen LogP contribution in [0.2, 0.25) is 4.34 Å². The van der Waals surface area contributed by atoms with E-state index in [1.165, 1.54) is 22.6 Å². The highest BCUT2D eigenvalue weighted by Crippen LogP contribution is 2.26. The fourth-order valence-electron chi connectivity index (χ4n) is 2.80. The molecule has 0 aliphatic heterocycles. The Kier molecular flexibility index (Phi) is 7.49. The van der Waals surface area contributed by atoms with Crippen LogP contribution in [0.25, 0.3) is 0 Å². The summed E-state index contributed by atoms with van der Waals surface area (Å²) in [6, 6.07) is 3.81. The summed E-state index contributed by atoms with van der Waals surface area (Å²) in [6.07, 6.45) is 0.208. The summed E-state index contributed by atoms with van der Waals surface area (Å²) < 4.78 is 2.59. The third kappa shape index (κ3) is 5.46. The van der Waals surface area contributed by atoms with E-state index in [0.29, 0.717) is 10.3 Å². The van der Waals surface area contributed by atoms with E-state index in [9.17, 15) is 5.11 Å². The fourth-order valence-corrected chi connectivity index (χ4v) is 3.84. The van der Waals surface area contributed by atoms with Gasteiger partial charge in [0.1, 0.15) is 6.10 Å². The molecule has 2 aromatic rings. The summed E-state index contributed by atoms with van der Waals surface area (Å²) in [7, 11) is 1.97. The van der Waals surface area contributed by atoms with Crippen LogP contribution in [0.4, 0.5) is 0 Å². The molecule has 2 aromatic heterocycles. The molecule has 0 aliphatic rings. The van der Waals surface area contributed by atoms with Gasteiger partial charge in [-0.2, -0.15) is 5.10 Å². The van der Waals surface area contributed by atoms with Gasteiger partial charge in [-0.15, -0.1) is 11.3 Å². The molecule has 3 N–H and O–H groups in total. The third-order valence-corrected chi connectivity index (χ3v) is 5.57. The second-order valence-corrected chi connectivity index (χ2v) is 8.15. The lowest BCUT2D eigenvalue weighted by molar-refractivity contribution is 0.191. The first-order valence-electron chi connectivity index (χ1n) is 8.79. The van der Waals surface area contributed by atoms with Gasteiger partial charge in [-0.25, -0.2) is 0 Å². The van der Waals surface area contributed by atoms with Gasteiger partial charge >= 0.3 is 0 Å². The summed E-state index contributed by atoms with van der Waals surface area (Å²) >= 11 is 7.31. The molecule has 0 spiro atoms. The van der Waals surface area contributed by atoms with Crippen molar-refractivity contribution in [3.63, 3.8) is 0 Å². The Morgan fingerprint density at radius 2 is 2.15 bits per heavy atom. The van der Waals surface area contributed by atoms with Crippen molar-refractivity contribution in [3.05, 3.63) is 38.3 Å². The Balaban J connectivity index is 1.99. The molecular formula is C18H28ClN5OS. The number of thiophene rings is 1. The first-order chi connectivity index (χ1) is 12.3. The van der Waals surface area contributed by atoms with Crippen LogP contribution >= 0.6 is 22.9 Å². The lowest BCUT2D eigenvalue weighted by atomic mass is 10.1. The van der Waals surface area contributed by atoms with E-state index in [2.05, 4.69) is 34.6 Å². The molecule has 26 heavy (non-hydrogen) atoms. The van der Waals surface area contributed by atoms with Gasteiger partial charge in [-0.3, -0.25) is 9.67 Å². The monoisotopic (exact) mass is 397 g/mol. The lowest BCUT2D eigenvalue weighted by Crippen LogP contribution is -2.43. The maximum atomic E-state index is 10.3. The van der Waals surface area contributed by atoms with Crippen molar-refractivity contribution < 1.29 is 5.11 Å². The number of nitrogens with zero attached hydrogens (tertiary/aromatic N) is 3. The molecule has 2 atom stereocenters. The van der Waals surface area contributed by atoms with Crippen molar-refractivity contribution in [2.75, 3.05) is 13.1 Å². The van der Waals surface area contributed by atoms with Crippen LogP contribution in [-0.2, 0) is 13.5 Å². The van der Waals surface area contributed by atoms with Crippen LogP contribution in [0, 0.1) is 13.8 Å². The SMILES string of the molecule is CCNC(=NCC(O)c1ccc(Cl)s1)NC(C)Cc1c(C)nn(C)c1C. The van der Waals surface area contributed by atoms with Gasteiger partial charge in [-0.1, -0.05) is 11.6 Å². The Labute approximate surface area is 164 Å². The zero-order valence-electron chi connectivity index (χ0n) is 16.0. The van der Waals surface area contributed by atoms with Crippen LogP contribution in [-0.4, -0.2) is 40.0 Å². The van der Waals surface area contributed by atoms with E-state index in [4.69, 9.17) is 11.6 Å². The van der Waals surface area contributed by atoms with Crippen LogP contribution in [0.15, 0.2) is 17.1 Å². The number of guanidine groups is 1. The molecule has 0 saturated carbocycles. The maximum absolute atomic E-state index is 10.3. The zero-order chi connectivity index (χ0) is 19.3. The van der Waals surface area contributed by atoms with Crippen molar-refractivity contribution in [2.45, 2.75) is 46.3 Å². The number of aryl methyl sites for hydroxylation is 2. The predicted molar refractivity (Wildman–Crippen MR) is 109 cm³/mol. The van der Waals surface area contributed by atoms with E-state index in [1.54, 1.807) is 6.07 Å². The molecule has 6 nitrogen and oxygen atoms in total. The molecule has 0 bridgehead atoms. The summed E-state index contributed by atoms with van der Waals surface area (Å²) in [6.45, 7) is 9.30. The number of aromatic nitrogens is 2. The number of aliphatic imine (C=N–C) groups is 1. The van der Waals surface area contributed by atoms with Crippen molar-refractivity contribution in [1.82, 2.24) is 20.4 Å². The minimum Gasteiger partial charge on any atom is -0.386 e. The van der Waals surface area contributed by atoms with Crippen LogP contribution in [0.3, 0.4) is 0 Å². The molecule has 0 aromatic carbocycles. The number of aliphatic hydroxyl groups excluding tert-OH is 1. The number of hydrogen-bond donors (Lipinski definition) is 3. The standard InChI is InChI=1S/C18H28ClN5OS/c1-6-20-18(21-10-15(25)16-7-8-17(19)26-16)22-11(2)9-14-12(3)23-24(5)13(14)4/h7-8,11,15,25H,6,9-10H2,1-5H3,(H2,20,21,22). The van der Waals surface area contributed by atoms with Crippen LogP contribution in [0.1, 0.15) is 41.8 Å². The van der Waals surface area contributed by atoms with E-state index in [-0.39, 0.29) is 12.6 Å². The van der Waals surface area contributed by atoms with Gasteiger partial charge in [0.15, 0.2) is 5.96 Å². The highest BCUT2D eigenvalue weighted by molar-refractivity contribution is 7.16. The molecule has 0 radical (unpaired) electrons. The van der Waals surface area contributed by atoms with Gasteiger partial charge in [0.25, 0.3) is 0 Å². The number of aliphatic hydroxyl groups is 1. The van der Waals surface area contributed by atoms with Crippen molar-refractivity contribution in [2.24, 2.45) is 12.0 Å². The van der Waals surface area contributed by atoms with E-state index >= 15 is 0 Å². The van der Waals surface area contributed by atoms with Crippen molar-refractivity contribution in [1.29, 1.82) is 0 Å². The van der Waals surface area contributed by atoms with E-state index in [0.717, 1.165) is 23.5 Å². The molecule has 0 amide bonds. The Bertz CT molecular complexity index is 755. The molecule has 2 heterocycles. The third-order valence-electron chi connectivity index (χ3n) is 4.24.